The fourth-order valence-electron chi connectivity index (χ4n) is 5.70. The minimum Gasteiger partial charge on any atom is -0.0588 e. The Balaban J connectivity index is 2.74. The van der Waals surface area contributed by atoms with Gasteiger partial charge in [-0.25, -0.2) is 0 Å². The van der Waals surface area contributed by atoms with E-state index in [1.54, 1.807) is 0 Å². The molecular formula is C18H34. The molecule has 0 aromatic rings. The summed E-state index contributed by atoms with van der Waals surface area (Å²) in [6.07, 6.45) is 2.85. The third kappa shape index (κ3) is 1.03. The van der Waals surface area contributed by atoms with Crippen molar-refractivity contribution in [3.63, 3.8) is 0 Å². The lowest BCUT2D eigenvalue weighted by Crippen LogP contribution is -2.68. The molecule has 0 atom stereocenters. The van der Waals surface area contributed by atoms with Crippen LogP contribution in [0.4, 0.5) is 0 Å². The van der Waals surface area contributed by atoms with Gasteiger partial charge in [0.1, 0.15) is 0 Å². The monoisotopic (exact) mass is 250 g/mol. The van der Waals surface area contributed by atoms with E-state index in [2.05, 4.69) is 69.2 Å². The highest BCUT2D eigenvalue weighted by atomic mass is 14.8. The van der Waals surface area contributed by atoms with E-state index < -0.39 is 0 Å². The molecular weight excluding hydrogens is 216 g/mol. The van der Waals surface area contributed by atoms with Crippen LogP contribution in [-0.4, -0.2) is 0 Å². The predicted octanol–water partition coefficient (Wildman–Crippen LogP) is 5.91. The average Bonchev–Trinajstić information content (AvgIpc) is 2.95. The summed E-state index contributed by atoms with van der Waals surface area (Å²) >= 11 is 0. The molecule has 0 bridgehead atoms. The molecule has 106 valence electrons. The molecule has 2 saturated carbocycles. The van der Waals surface area contributed by atoms with Crippen LogP contribution in [0.25, 0.3) is 0 Å². The predicted molar refractivity (Wildman–Crippen MR) is 80.6 cm³/mol. The first-order valence-electron chi connectivity index (χ1n) is 7.71. The van der Waals surface area contributed by atoms with Crippen molar-refractivity contribution < 1.29 is 0 Å². The van der Waals surface area contributed by atoms with Gasteiger partial charge in [0.05, 0.1) is 0 Å². The minimum atomic E-state index is 0.334. The summed E-state index contributed by atoms with van der Waals surface area (Å²) in [5.74, 6) is 0. The van der Waals surface area contributed by atoms with Crippen molar-refractivity contribution in [1.82, 2.24) is 0 Å². The van der Waals surface area contributed by atoms with Gasteiger partial charge in [0.2, 0.25) is 0 Å². The van der Waals surface area contributed by atoms with Gasteiger partial charge in [0.25, 0.3) is 0 Å². The van der Waals surface area contributed by atoms with Gasteiger partial charge in [-0.1, -0.05) is 69.2 Å². The smallest absolute Gasteiger partial charge is 0.0184 e. The minimum absolute atomic E-state index is 0.334. The maximum atomic E-state index is 2.54. The van der Waals surface area contributed by atoms with E-state index in [4.69, 9.17) is 0 Å². The van der Waals surface area contributed by atoms with Crippen LogP contribution in [0.3, 0.4) is 0 Å². The average molecular weight is 250 g/mol. The Morgan fingerprint density at radius 1 is 0.389 bits per heavy atom. The molecule has 18 heavy (non-hydrogen) atoms. The van der Waals surface area contributed by atoms with Gasteiger partial charge in [-0.2, -0.15) is 0 Å². The highest BCUT2D eigenvalue weighted by Crippen LogP contribution is 2.85. The molecule has 0 unspecified atom stereocenters. The molecule has 0 aliphatic heterocycles. The molecule has 0 aromatic heterocycles. The third-order valence-electron chi connectivity index (χ3n) is 9.39. The molecule has 0 amide bonds. The van der Waals surface area contributed by atoms with E-state index in [9.17, 15) is 0 Å². The quantitative estimate of drug-likeness (QED) is 0.501. The zero-order chi connectivity index (χ0) is 14.4. The summed E-state index contributed by atoms with van der Waals surface area (Å²) < 4.78 is 0. The van der Waals surface area contributed by atoms with Crippen LogP contribution >= 0.6 is 0 Å². The molecule has 0 aromatic carbocycles. The Morgan fingerprint density at radius 2 is 0.611 bits per heavy atom. The number of hydrogen-bond acceptors (Lipinski definition) is 0. The third-order valence-corrected chi connectivity index (χ3v) is 9.39. The van der Waals surface area contributed by atoms with Gasteiger partial charge in [0, 0.05) is 0 Å². The van der Waals surface area contributed by atoms with Crippen molar-refractivity contribution in [2.75, 3.05) is 0 Å². The molecule has 1 spiro atoms. The highest BCUT2D eigenvalue weighted by molar-refractivity contribution is 5.26. The van der Waals surface area contributed by atoms with Crippen LogP contribution in [0.2, 0.25) is 0 Å². The van der Waals surface area contributed by atoms with Crippen LogP contribution in [0.5, 0.6) is 0 Å². The Hall–Kier alpha value is 0. The van der Waals surface area contributed by atoms with Crippen molar-refractivity contribution in [1.29, 1.82) is 0 Å². The summed E-state index contributed by atoms with van der Waals surface area (Å²) in [6.45, 7) is 25.2. The topological polar surface area (TPSA) is 0 Å². The summed E-state index contributed by atoms with van der Waals surface area (Å²) in [5.41, 5.74) is 2.40. The summed E-state index contributed by atoms with van der Waals surface area (Å²) in [6, 6.07) is 0. The molecule has 0 heterocycles. The van der Waals surface area contributed by atoms with Crippen molar-refractivity contribution in [2.45, 2.75) is 82.1 Å². The van der Waals surface area contributed by atoms with Gasteiger partial charge >= 0.3 is 0 Å². The van der Waals surface area contributed by atoms with Crippen molar-refractivity contribution in [3.8, 4) is 0 Å². The van der Waals surface area contributed by atoms with Crippen LogP contribution in [0.15, 0.2) is 0 Å². The highest BCUT2D eigenvalue weighted by Gasteiger charge is 2.78. The number of rotatable bonds is 0. The summed E-state index contributed by atoms with van der Waals surface area (Å²) in [7, 11) is 0. The number of hydrogen-bond donors (Lipinski definition) is 0. The van der Waals surface area contributed by atoms with E-state index in [-0.39, 0.29) is 0 Å². The molecule has 2 aliphatic carbocycles. The van der Waals surface area contributed by atoms with Gasteiger partial charge < -0.3 is 0 Å². The summed E-state index contributed by atoms with van der Waals surface area (Å²) in [4.78, 5) is 0. The molecule has 0 nitrogen and oxygen atoms in total. The molecule has 0 heteroatoms. The van der Waals surface area contributed by atoms with Gasteiger partial charge in [0.15, 0.2) is 0 Å². The van der Waals surface area contributed by atoms with Crippen molar-refractivity contribution in [2.24, 2.45) is 32.5 Å². The van der Waals surface area contributed by atoms with E-state index in [1.165, 1.54) is 12.8 Å². The van der Waals surface area contributed by atoms with Gasteiger partial charge in [-0.15, -0.1) is 0 Å². The maximum absolute atomic E-state index is 2.54. The zero-order valence-electron chi connectivity index (χ0n) is 14.4. The summed E-state index contributed by atoms with van der Waals surface area (Å²) in [5, 5.41) is 0. The SMILES string of the molecule is CC1(C)C(C)(C)C(C)(C)C2(CC2)C(C)(C)C1(C)C. The Bertz CT molecular complexity index is 275. The van der Waals surface area contributed by atoms with Gasteiger partial charge in [-0.05, 0) is 45.3 Å². The Morgan fingerprint density at radius 3 is 0.833 bits per heavy atom. The van der Waals surface area contributed by atoms with Crippen LogP contribution in [0, 0.1) is 32.5 Å². The van der Waals surface area contributed by atoms with Crippen molar-refractivity contribution in [3.05, 3.63) is 0 Å². The van der Waals surface area contributed by atoms with E-state index >= 15 is 0 Å². The zero-order valence-corrected chi connectivity index (χ0v) is 14.4. The first-order valence-corrected chi connectivity index (χ1v) is 7.71. The second kappa shape index (κ2) is 3.01. The van der Waals surface area contributed by atoms with Crippen molar-refractivity contribution >= 4 is 0 Å². The molecule has 2 fully saturated rings. The van der Waals surface area contributed by atoms with Crippen LogP contribution < -0.4 is 0 Å². The second-order valence-electron chi connectivity index (χ2n) is 9.71. The molecule has 0 saturated heterocycles. The van der Waals surface area contributed by atoms with E-state index in [1.807, 2.05) is 0 Å². The van der Waals surface area contributed by atoms with E-state index in [0.717, 1.165) is 0 Å². The standard InChI is InChI=1S/C18H34/c1-13(2)14(3,4)16(7,8)18(11-12-18)17(9,10)15(13,5)6/h11-12H2,1-10H3. The Labute approximate surface area is 115 Å². The van der Waals surface area contributed by atoms with Crippen LogP contribution in [0.1, 0.15) is 82.1 Å². The lowest BCUT2D eigenvalue weighted by Gasteiger charge is -2.74. The normalized spacial score (nSPS) is 36.3. The molecule has 2 rings (SSSR count). The largest absolute Gasteiger partial charge is 0.0588 e. The van der Waals surface area contributed by atoms with Crippen LogP contribution in [-0.2, 0) is 0 Å². The van der Waals surface area contributed by atoms with Gasteiger partial charge in [-0.3, -0.25) is 0 Å². The lowest BCUT2D eigenvalue weighted by atomic mass is 9.30. The maximum Gasteiger partial charge on any atom is -0.0184 e. The fourth-order valence-corrected chi connectivity index (χ4v) is 5.70. The Kier molecular flexibility index (Phi) is 2.41. The molecule has 2 aliphatic rings. The molecule has 0 N–H and O–H groups in total. The fraction of sp³-hybridized carbons (Fsp3) is 1.00. The lowest BCUT2D eigenvalue weighted by molar-refractivity contribution is -0.260. The first-order chi connectivity index (χ1) is 7.71. The first kappa shape index (κ1) is 14.4. The van der Waals surface area contributed by atoms with E-state index in [0.29, 0.717) is 32.5 Å². The second-order valence-corrected chi connectivity index (χ2v) is 9.71. The molecule has 0 radical (unpaired) electrons.